The number of nitrogens with one attached hydrogen (secondary N) is 1. The minimum Gasteiger partial charge on any atom is -0.432 e. The van der Waals surface area contributed by atoms with Crippen molar-refractivity contribution in [2.45, 2.75) is 45.3 Å². The van der Waals surface area contributed by atoms with Crippen LogP contribution in [0.4, 0.5) is 23.5 Å². The van der Waals surface area contributed by atoms with E-state index < -0.39 is 47.1 Å². The lowest BCUT2D eigenvalue weighted by Gasteiger charge is -2.22. The normalized spacial score (nSPS) is 13.7. The fraction of sp³-hybridized carbons (Fsp3) is 0.320. The number of hydrogen-bond acceptors (Lipinski definition) is 9. The highest BCUT2D eigenvalue weighted by Crippen LogP contribution is 2.39. The number of methoxy groups -OCH3 is 1. The quantitative estimate of drug-likeness (QED) is 0.230. The van der Waals surface area contributed by atoms with E-state index in [0.29, 0.717) is 11.1 Å². The first kappa shape index (κ1) is 29.8. The lowest BCUT2D eigenvalue weighted by Crippen LogP contribution is -2.29. The molecule has 4 aromatic rings. The van der Waals surface area contributed by atoms with Crippen LogP contribution in [0.5, 0.6) is 11.5 Å². The van der Waals surface area contributed by atoms with Gasteiger partial charge in [0.1, 0.15) is 22.8 Å². The number of halogens is 4. The van der Waals surface area contributed by atoms with Crippen LogP contribution in [0.1, 0.15) is 30.0 Å². The summed E-state index contributed by atoms with van der Waals surface area (Å²) in [6, 6.07) is 5.14. The summed E-state index contributed by atoms with van der Waals surface area (Å²) in [4.78, 5) is 12.6. The largest absolute Gasteiger partial charge is 0.432 e. The van der Waals surface area contributed by atoms with E-state index in [9.17, 15) is 21.8 Å². The highest BCUT2D eigenvalue weighted by atomic mass is 32.2. The highest BCUT2D eigenvalue weighted by molar-refractivity contribution is 7.87. The monoisotopic (exact) mass is 595 g/mol. The molecule has 1 N–H and O–H groups in total. The minimum absolute atomic E-state index is 0.0112. The first-order valence-corrected chi connectivity index (χ1v) is 13.2. The Balaban J connectivity index is 1.84. The Labute approximate surface area is 234 Å². The Kier molecular flexibility index (Phi) is 9.44. The maximum Gasteiger partial charge on any atom is 0.387 e. The van der Waals surface area contributed by atoms with E-state index in [1.54, 1.807) is 38.5 Å². The van der Waals surface area contributed by atoms with Crippen molar-refractivity contribution < 1.29 is 36.0 Å². The molecule has 0 fully saturated rings. The van der Waals surface area contributed by atoms with Crippen LogP contribution in [0.3, 0.4) is 0 Å². The molecule has 16 heteroatoms. The number of alkyl halides is 4. The van der Waals surface area contributed by atoms with Crippen molar-refractivity contribution in [2.24, 2.45) is 0 Å². The molecule has 0 spiro atoms. The van der Waals surface area contributed by atoms with Crippen LogP contribution in [0, 0.1) is 13.8 Å². The zero-order valence-corrected chi connectivity index (χ0v) is 23.0. The second-order valence-corrected chi connectivity index (χ2v) is 10.2. The summed E-state index contributed by atoms with van der Waals surface area (Å²) in [5.41, 5.74) is 1.49. The van der Waals surface area contributed by atoms with Crippen LogP contribution in [0.2, 0.25) is 0 Å². The van der Waals surface area contributed by atoms with Gasteiger partial charge in [-0.3, -0.25) is 14.3 Å². The zero-order valence-electron chi connectivity index (χ0n) is 22.2. The van der Waals surface area contributed by atoms with Crippen LogP contribution in [-0.2, 0) is 15.7 Å². The molecule has 41 heavy (non-hydrogen) atoms. The van der Waals surface area contributed by atoms with E-state index in [1.807, 2.05) is 6.92 Å². The second kappa shape index (κ2) is 13.0. The number of aryl methyl sites for hydroxylation is 2. The summed E-state index contributed by atoms with van der Waals surface area (Å²) in [6.45, 7) is -1.45. The lowest BCUT2D eigenvalue weighted by molar-refractivity contribution is -0.0542. The summed E-state index contributed by atoms with van der Waals surface area (Å²) in [7, 11) is -0.588. The van der Waals surface area contributed by atoms with Gasteiger partial charge in [0.2, 0.25) is 5.95 Å². The van der Waals surface area contributed by atoms with E-state index in [2.05, 4.69) is 39.3 Å². The molecule has 0 saturated heterocycles. The standard InChI is InChI=1S/C25H25F4N7O4S/c1-13-8-16(12-30-9-13)22-33-34-25(35-41(37)15(3)20(38-4)21-31-10-14(2)11-32-21)36(22)19-17(39-23(26)27)6-5-7-18(19)40-24(28)29/h5-12,15,20,23-24H,1-4H3,(H,34,35). The molecule has 0 aliphatic rings. The Morgan fingerprint density at radius 2 is 1.56 bits per heavy atom. The van der Waals surface area contributed by atoms with E-state index >= 15 is 0 Å². The van der Waals surface area contributed by atoms with Gasteiger partial charge in [0, 0.05) is 37.5 Å². The van der Waals surface area contributed by atoms with Crippen molar-refractivity contribution in [3.63, 3.8) is 0 Å². The van der Waals surface area contributed by atoms with Gasteiger partial charge in [-0.05, 0) is 50.1 Å². The summed E-state index contributed by atoms with van der Waals surface area (Å²) < 4.78 is 85.7. The number of para-hydroxylation sites is 1. The van der Waals surface area contributed by atoms with E-state index in [-0.39, 0.29) is 23.3 Å². The summed E-state index contributed by atoms with van der Waals surface area (Å²) >= 11 is 0. The van der Waals surface area contributed by atoms with Gasteiger partial charge in [0.05, 0.1) is 5.25 Å². The number of rotatable bonds is 12. The van der Waals surface area contributed by atoms with Crippen LogP contribution >= 0.6 is 0 Å². The summed E-state index contributed by atoms with van der Waals surface area (Å²) in [6.07, 6.45) is 5.32. The zero-order chi connectivity index (χ0) is 29.7. The molecule has 3 heterocycles. The number of hydrogen-bond donors (Lipinski definition) is 1. The lowest BCUT2D eigenvalue weighted by atomic mass is 10.2. The Hall–Kier alpha value is -4.18. The molecule has 1 aromatic carbocycles. The maximum atomic E-state index is 13.5. The molecule has 0 radical (unpaired) electrons. The maximum absolute atomic E-state index is 13.5. The highest BCUT2D eigenvalue weighted by Gasteiger charge is 2.30. The van der Waals surface area contributed by atoms with Crippen molar-refractivity contribution in [3.8, 4) is 28.6 Å². The molecular formula is C25H25F4N7O4S. The fourth-order valence-corrected chi connectivity index (χ4v) is 4.84. The molecule has 3 unspecified atom stereocenters. The van der Waals surface area contributed by atoms with Gasteiger partial charge in [-0.2, -0.15) is 17.6 Å². The molecular weight excluding hydrogens is 570 g/mol. The molecule has 0 aliphatic carbocycles. The molecule has 0 aliphatic heterocycles. The number of nitrogens with zero attached hydrogens (tertiary/aromatic N) is 6. The molecule has 0 saturated carbocycles. The predicted octanol–water partition coefficient (Wildman–Crippen LogP) is 4.79. The number of aromatic nitrogens is 6. The van der Waals surface area contributed by atoms with E-state index in [0.717, 1.165) is 22.3 Å². The number of benzene rings is 1. The molecule has 0 bridgehead atoms. The third kappa shape index (κ3) is 6.94. The number of pyridine rings is 1. The first-order chi connectivity index (χ1) is 19.6. The molecule has 4 rings (SSSR count). The Morgan fingerprint density at radius 1 is 0.927 bits per heavy atom. The minimum atomic E-state index is -3.31. The summed E-state index contributed by atoms with van der Waals surface area (Å²) in [5, 5.41) is 7.39. The van der Waals surface area contributed by atoms with Crippen molar-refractivity contribution in [1.82, 2.24) is 29.7 Å². The van der Waals surface area contributed by atoms with Gasteiger partial charge >= 0.3 is 13.2 Å². The average Bonchev–Trinajstić information content (AvgIpc) is 3.32. The van der Waals surface area contributed by atoms with E-state index in [4.69, 9.17) is 4.74 Å². The molecule has 3 atom stereocenters. The number of ether oxygens (including phenoxy) is 3. The van der Waals surface area contributed by atoms with Crippen molar-refractivity contribution in [2.75, 3.05) is 11.8 Å². The fourth-order valence-electron chi connectivity index (χ4n) is 3.88. The first-order valence-electron chi connectivity index (χ1n) is 12.0. The van der Waals surface area contributed by atoms with Gasteiger partial charge in [0.15, 0.2) is 23.1 Å². The van der Waals surface area contributed by atoms with Crippen molar-refractivity contribution in [1.29, 1.82) is 0 Å². The van der Waals surface area contributed by atoms with Crippen molar-refractivity contribution >= 4 is 16.9 Å². The summed E-state index contributed by atoms with van der Waals surface area (Å²) in [5.74, 6) is -1.04. The number of anilines is 1. The van der Waals surface area contributed by atoms with Gasteiger partial charge in [-0.1, -0.05) is 6.07 Å². The van der Waals surface area contributed by atoms with Crippen LogP contribution < -0.4 is 14.2 Å². The van der Waals surface area contributed by atoms with Gasteiger partial charge in [-0.15, -0.1) is 10.2 Å². The molecule has 3 aromatic heterocycles. The predicted molar refractivity (Wildman–Crippen MR) is 140 cm³/mol. The Bertz CT molecular complexity index is 1480. The van der Waals surface area contributed by atoms with Crippen LogP contribution in [0.15, 0.2) is 49.1 Å². The third-order valence-corrected chi connectivity index (χ3v) is 6.99. The SMILES string of the molecule is COC(c1ncc(C)cn1)C(C)S(=O)Nc1nnc(-c2cncc(C)c2)n1-c1c(OC(F)F)cccc1OC(F)F. The smallest absolute Gasteiger partial charge is 0.387 e. The Morgan fingerprint density at radius 3 is 2.12 bits per heavy atom. The molecule has 11 nitrogen and oxygen atoms in total. The van der Waals surface area contributed by atoms with E-state index in [1.165, 1.54) is 19.4 Å². The van der Waals surface area contributed by atoms with Gasteiger partial charge < -0.3 is 14.2 Å². The van der Waals surface area contributed by atoms with Crippen molar-refractivity contribution in [3.05, 3.63) is 66.0 Å². The van der Waals surface area contributed by atoms with Crippen LogP contribution in [0.25, 0.3) is 17.1 Å². The second-order valence-electron chi connectivity index (χ2n) is 8.67. The van der Waals surface area contributed by atoms with Gasteiger partial charge in [0.25, 0.3) is 0 Å². The van der Waals surface area contributed by atoms with Crippen LogP contribution in [-0.4, -0.2) is 59.5 Å². The topological polar surface area (TPSA) is 126 Å². The average molecular weight is 596 g/mol. The molecule has 0 amide bonds. The molecule has 218 valence electrons. The van der Waals surface area contributed by atoms with Gasteiger partial charge in [-0.25, -0.2) is 14.2 Å². The third-order valence-electron chi connectivity index (χ3n) is 5.68.